The molecule has 1 atom stereocenters. The summed E-state index contributed by atoms with van der Waals surface area (Å²) in [6.45, 7) is -0.549. The van der Waals surface area contributed by atoms with Gasteiger partial charge in [0.2, 0.25) is 0 Å². The van der Waals surface area contributed by atoms with Crippen molar-refractivity contribution < 1.29 is 28.5 Å². The van der Waals surface area contributed by atoms with Gasteiger partial charge in [-0.15, -0.1) is 0 Å². The lowest BCUT2D eigenvalue weighted by atomic mass is 10.1. The third-order valence-corrected chi connectivity index (χ3v) is 5.12. The van der Waals surface area contributed by atoms with Crippen molar-refractivity contribution in [1.82, 2.24) is 15.0 Å². The summed E-state index contributed by atoms with van der Waals surface area (Å²) in [5, 5.41) is 21.2. The van der Waals surface area contributed by atoms with Gasteiger partial charge in [-0.1, -0.05) is 17.7 Å². The van der Waals surface area contributed by atoms with Crippen molar-refractivity contribution >= 4 is 34.2 Å². The van der Waals surface area contributed by atoms with Crippen LogP contribution in [0.4, 0.5) is 14.5 Å². The van der Waals surface area contributed by atoms with Crippen molar-refractivity contribution in [1.29, 1.82) is 0 Å². The Morgan fingerprint density at radius 1 is 1.21 bits per heavy atom. The zero-order valence-electron chi connectivity index (χ0n) is 17.5. The average molecular weight is 489 g/mol. The van der Waals surface area contributed by atoms with Crippen LogP contribution in [0.15, 0.2) is 54.9 Å². The lowest BCUT2D eigenvalue weighted by molar-refractivity contribution is 0.0536. The molecular weight excluding hydrogens is 470 g/mol. The lowest BCUT2D eigenvalue weighted by Crippen LogP contribution is -2.21. The summed E-state index contributed by atoms with van der Waals surface area (Å²) in [7, 11) is 0. The molecule has 0 unspecified atom stereocenters. The van der Waals surface area contributed by atoms with E-state index < -0.39 is 25.0 Å². The Balaban J connectivity index is 1.61. The van der Waals surface area contributed by atoms with Crippen molar-refractivity contribution in [2.75, 3.05) is 18.5 Å². The molecule has 2 aromatic carbocycles. The van der Waals surface area contributed by atoms with Crippen LogP contribution in [-0.4, -0.2) is 50.4 Å². The van der Waals surface area contributed by atoms with E-state index in [2.05, 4.69) is 20.3 Å². The normalized spacial score (nSPS) is 12.2. The van der Waals surface area contributed by atoms with E-state index in [1.165, 1.54) is 30.6 Å². The summed E-state index contributed by atoms with van der Waals surface area (Å²) in [5.41, 5.74) is 1.08. The second kappa shape index (κ2) is 10.1. The summed E-state index contributed by atoms with van der Waals surface area (Å²) >= 11 is 5.87. The first-order valence-electron chi connectivity index (χ1n) is 10.1. The number of carbonyl (C=O) groups is 1. The highest BCUT2D eigenvalue weighted by atomic mass is 35.5. The van der Waals surface area contributed by atoms with Gasteiger partial charge in [0, 0.05) is 34.1 Å². The Morgan fingerprint density at radius 3 is 2.79 bits per heavy atom. The fourth-order valence-electron chi connectivity index (χ4n) is 3.26. The van der Waals surface area contributed by atoms with Crippen LogP contribution in [0.1, 0.15) is 22.3 Å². The number of halogens is 3. The number of nitrogens with zero attached hydrogens (tertiary/aromatic N) is 2. The number of hydrogen-bond donors (Lipinski definition) is 4. The number of carbonyl (C=O) groups excluding carboxylic acids is 1. The predicted molar refractivity (Wildman–Crippen MR) is 122 cm³/mol. The van der Waals surface area contributed by atoms with Crippen molar-refractivity contribution in [2.24, 2.45) is 0 Å². The molecule has 4 rings (SSSR count). The van der Waals surface area contributed by atoms with Gasteiger partial charge in [-0.25, -0.2) is 13.8 Å². The number of anilines is 1. The lowest BCUT2D eigenvalue weighted by Gasteiger charge is -2.11. The molecule has 0 aliphatic carbocycles. The van der Waals surface area contributed by atoms with E-state index >= 15 is 0 Å². The van der Waals surface area contributed by atoms with Crippen LogP contribution in [0.3, 0.4) is 0 Å². The second-order valence-corrected chi connectivity index (χ2v) is 7.77. The second-order valence-electron chi connectivity index (χ2n) is 7.33. The maximum atomic E-state index is 13.5. The molecule has 0 spiro atoms. The molecule has 4 aromatic rings. The number of amides is 1. The number of aromatic nitrogens is 3. The van der Waals surface area contributed by atoms with Gasteiger partial charge >= 0.3 is 0 Å². The van der Waals surface area contributed by atoms with Crippen molar-refractivity contribution in [2.45, 2.75) is 12.5 Å². The number of nitrogens with one attached hydrogen (secondary N) is 2. The van der Waals surface area contributed by atoms with Crippen LogP contribution in [0.25, 0.3) is 22.4 Å². The van der Waals surface area contributed by atoms with Crippen molar-refractivity contribution in [3.8, 4) is 17.1 Å². The highest BCUT2D eigenvalue weighted by Gasteiger charge is 2.20. The van der Waals surface area contributed by atoms with Crippen LogP contribution >= 0.6 is 11.6 Å². The van der Waals surface area contributed by atoms with Gasteiger partial charge in [-0.3, -0.25) is 9.78 Å². The zero-order valence-corrected chi connectivity index (χ0v) is 18.3. The quantitative estimate of drug-likeness (QED) is 0.295. The van der Waals surface area contributed by atoms with E-state index in [0.29, 0.717) is 17.0 Å². The van der Waals surface area contributed by atoms with E-state index in [1.54, 1.807) is 24.3 Å². The Morgan fingerprint density at radius 2 is 2.03 bits per heavy atom. The van der Waals surface area contributed by atoms with Crippen LogP contribution in [0.2, 0.25) is 5.02 Å². The third kappa shape index (κ3) is 5.14. The monoisotopic (exact) mass is 488 g/mol. The largest absolute Gasteiger partial charge is 0.491 e. The first-order valence-corrected chi connectivity index (χ1v) is 10.5. The Kier molecular flexibility index (Phi) is 7.01. The molecule has 2 aromatic heterocycles. The summed E-state index contributed by atoms with van der Waals surface area (Å²) in [6, 6.07) is 10.6. The molecule has 0 fully saturated rings. The molecule has 176 valence electrons. The molecule has 2 heterocycles. The minimum atomic E-state index is -2.77. The Bertz CT molecular complexity index is 1330. The van der Waals surface area contributed by atoms with Crippen molar-refractivity contribution in [3.63, 3.8) is 0 Å². The van der Waals surface area contributed by atoms with Gasteiger partial charge in [-0.05, 0) is 30.3 Å². The number of ether oxygens (including phenoxy) is 1. The van der Waals surface area contributed by atoms with E-state index in [0.717, 1.165) is 0 Å². The first-order chi connectivity index (χ1) is 16.4. The smallest absolute Gasteiger partial charge is 0.264 e. The number of fused-ring (bicyclic) bond motifs is 1. The minimum absolute atomic E-state index is 0.113. The molecule has 0 saturated heterocycles. The summed E-state index contributed by atoms with van der Waals surface area (Å²) in [6.07, 6.45) is -1.02. The number of H-pyrrole nitrogens is 1. The van der Waals surface area contributed by atoms with Gasteiger partial charge in [0.15, 0.2) is 0 Å². The maximum absolute atomic E-state index is 13.5. The van der Waals surface area contributed by atoms with Crippen LogP contribution in [0.5, 0.6) is 5.75 Å². The fraction of sp³-hybridized carbons (Fsp3) is 0.174. The standard InChI is InChI=1S/C23H19ClF2N4O4/c24-12-4-5-16(17(6-12)21(25)26)22-29-19-9-27-8-18(20(19)30-22)23(33)28-13-2-1-3-15(7-13)34-11-14(32)10-31/h1-9,14,21,31-32H,10-11H2,(H,28,33)(H,29,30)/t14-/m1/s1. The molecule has 1 amide bonds. The van der Waals surface area contributed by atoms with Gasteiger partial charge in [-0.2, -0.15) is 0 Å². The van der Waals surface area contributed by atoms with Crippen LogP contribution in [0, 0.1) is 0 Å². The summed E-state index contributed by atoms with van der Waals surface area (Å²) in [5.74, 6) is 0.0155. The maximum Gasteiger partial charge on any atom is 0.264 e. The van der Waals surface area contributed by atoms with E-state index in [-0.39, 0.29) is 39.7 Å². The number of aliphatic hydroxyl groups excluding tert-OH is 2. The summed E-state index contributed by atoms with van der Waals surface area (Å²) in [4.78, 5) is 24.3. The highest BCUT2D eigenvalue weighted by Crippen LogP contribution is 2.33. The minimum Gasteiger partial charge on any atom is -0.491 e. The number of hydrogen-bond acceptors (Lipinski definition) is 6. The first kappa shape index (κ1) is 23.6. The number of imidazole rings is 1. The molecule has 8 nitrogen and oxygen atoms in total. The van der Waals surface area contributed by atoms with E-state index in [4.69, 9.17) is 21.4 Å². The zero-order chi connectivity index (χ0) is 24.2. The molecule has 0 saturated carbocycles. The number of pyridine rings is 1. The molecule has 0 aliphatic heterocycles. The van der Waals surface area contributed by atoms with Crippen LogP contribution < -0.4 is 10.1 Å². The number of aromatic amines is 1. The Labute approximate surface area is 197 Å². The van der Waals surface area contributed by atoms with Crippen molar-refractivity contribution in [3.05, 3.63) is 71.0 Å². The molecule has 34 heavy (non-hydrogen) atoms. The van der Waals surface area contributed by atoms with Gasteiger partial charge in [0.05, 0.1) is 23.9 Å². The number of alkyl halides is 2. The van der Waals surface area contributed by atoms with Gasteiger partial charge < -0.3 is 25.3 Å². The Hall–Kier alpha value is -3.60. The van der Waals surface area contributed by atoms with Crippen LogP contribution in [-0.2, 0) is 0 Å². The highest BCUT2D eigenvalue weighted by molar-refractivity contribution is 6.30. The molecular formula is C23H19ClF2N4O4. The molecule has 0 aliphatic rings. The third-order valence-electron chi connectivity index (χ3n) is 4.89. The fourth-order valence-corrected chi connectivity index (χ4v) is 3.44. The molecule has 0 bridgehead atoms. The SMILES string of the molecule is O=C(Nc1cccc(OC[C@H](O)CO)c1)c1cncc2[nH]c(-c3ccc(Cl)cc3C(F)F)nc12. The summed E-state index contributed by atoms with van der Waals surface area (Å²) < 4.78 is 32.5. The molecule has 4 N–H and O–H groups in total. The average Bonchev–Trinajstić information content (AvgIpc) is 3.26. The topological polar surface area (TPSA) is 120 Å². The van der Waals surface area contributed by atoms with Gasteiger partial charge in [0.1, 0.15) is 29.8 Å². The molecule has 0 radical (unpaired) electrons. The number of rotatable bonds is 8. The van der Waals surface area contributed by atoms with Gasteiger partial charge in [0.25, 0.3) is 12.3 Å². The van der Waals surface area contributed by atoms with E-state index in [1.807, 2.05) is 0 Å². The molecule has 11 heteroatoms. The van der Waals surface area contributed by atoms with E-state index in [9.17, 15) is 18.7 Å². The number of benzene rings is 2. The predicted octanol–water partition coefficient (Wildman–Crippen LogP) is 4.20. The number of aliphatic hydroxyl groups is 2.